The van der Waals surface area contributed by atoms with Crippen molar-refractivity contribution >= 4 is 11.8 Å². The maximum Gasteiger partial charge on any atom is 0.257 e. The lowest BCUT2D eigenvalue weighted by atomic mass is 10.0. The molecule has 3 rings (SSSR count). The highest BCUT2D eigenvalue weighted by atomic mass is 32.2. The van der Waals surface area contributed by atoms with Gasteiger partial charge in [-0.2, -0.15) is 0 Å². The van der Waals surface area contributed by atoms with Crippen LogP contribution in [0, 0.1) is 12.7 Å². The fourth-order valence-corrected chi connectivity index (χ4v) is 3.74. The molecule has 0 saturated heterocycles. The number of ether oxygens (including phenoxy) is 1. The van der Waals surface area contributed by atoms with Crippen LogP contribution < -0.4 is 10.3 Å². The molecular weight excluding hydrogens is 363 g/mol. The van der Waals surface area contributed by atoms with Gasteiger partial charge >= 0.3 is 0 Å². The summed E-state index contributed by atoms with van der Waals surface area (Å²) in [4.78, 5) is 17.5. The van der Waals surface area contributed by atoms with Crippen LogP contribution in [0.3, 0.4) is 0 Å². The molecule has 0 N–H and O–H groups in total. The number of benzene rings is 2. The summed E-state index contributed by atoms with van der Waals surface area (Å²) in [6, 6.07) is 14.0. The molecule has 2 aromatic carbocycles. The number of aromatic nitrogens is 2. The van der Waals surface area contributed by atoms with E-state index < -0.39 is 0 Å². The molecule has 0 unspecified atom stereocenters. The minimum absolute atomic E-state index is 0.0491. The lowest BCUT2D eigenvalue weighted by Crippen LogP contribution is -2.25. The second-order valence-corrected chi connectivity index (χ2v) is 7.21. The van der Waals surface area contributed by atoms with Gasteiger partial charge in [-0.1, -0.05) is 36.0 Å². The average molecular weight is 384 g/mol. The first-order valence-corrected chi connectivity index (χ1v) is 9.53. The number of aryl methyl sites for hydroxylation is 1. The number of halogens is 1. The van der Waals surface area contributed by atoms with E-state index in [2.05, 4.69) is 4.98 Å². The first-order valence-electron chi connectivity index (χ1n) is 8.54. The summed E-state index contributed by atoms with van der Waals surface area (Å²) in [5.74, 6) is 1.13. The Kier molecular flexibility index (Phi) is 5.96. The number of rotatable bonds is 6. The number of nitrogens with zero attached hydrogens (tertiary/aromatic N) is 2. The average Bonchev–Trinajstić information content (AvgIpc) is 2.68. The minimum Gasteiger partial charge on any atom is -0.497 e. The zero-order valence-corrected chi connectivity index (χ0v) is 16.3. The molecule has 1 aromatic heterocycles. The standard InChI is InChI=1S/C21H21FN2O2S/c1-14-19(12-16-5-4-6-18(11-16)26-3)20(25)24(2)21(23-14)27-13-15-7-9-17(22)10-8-15/h4-11H,12-13H2,1-3H3. The predicted octanol–water partition coefficient (Wildman–Crippen LogP) is 4.12. The molecule has 0 radical (unpaired) electrons. The van der Waals surface area contributed by atoms with E-state index in [0.29, 0.717) is 22.9 Å². The van der Waals surface area contributed by atoms with Crippen molar-refractivity contribution in [2.45, 2.75) is 24.3 Å². The molecule has 0 spiro atoms. The van der Waals surface area contributed by atoms with Crippen LogP contribution in [0.25, 0.3) is 0 Å². The lowest BCUT2D eigenvalue weighted by Gasteiger charge is -2.12. The first-order chi connectivity index (χ1) is 13.0. The highest BCUT2D eigenvalue weighted by Crippen LogP contribution is 2.22. The van der Waals surface area contributed by atoms with Crippen LogP contribution in [0.4, 0.5) is 4.39 Å². The third-order valence-electron chi connectivity index (χ3n) is 4.35. The molecule has 0 bridgehead atoms. The largest absolute Gasteiger partial charge is 0.497 e. The zero-order valence-electron chi connectivity index (χ0n) is 15.5. The monoisotopic (exact) mass is 384 g/mol. The zero-order chi connectivity index (χ0) is 19.4. The number of hydrogen-bond acceptors (Lipinski definition) is 4. The maximum atomic E-state index is 13.0. The van der Waals surface area contributed by atoms with Gasteiger partial charge in [0.1, 0.15) is 11.6 Å². The van der Waals surface area contributed by atoms with Crippen LogP contribution in [-0.4, -0.2) is 16.7 Å². The highest BCUT2D eigenvalue weighted by molar-refractivity contribution is 7.98. The normalized spacial score (nSPS) is 10.8. The predicted molar refractivity (Wildman–Crippen MR) is 106 cm³/mol. The van der Waals surface area contributed by atoms with Crippen molar-refractivity contribution in [1.82, 2.24) is 9.55 Å². The summed E-state index contributed by atoms with van der Waals surface area (Å²) >= 11 is 1.46. The molecule has 0 atom stereocenters. The summed E-state index contributed by atoms with van der Waals surface area (Å²) in [7, 11) is 3.36. The van der Waals surface area contributed by atoms with Gasteiger partial charge in [0.25, 0.3) is 5.56 Å². The molecule has 27 heavy (non-hydrogen) atoms. The van der Waals surface area contributed by atoms with E-state index in [-0.39, 0.29) is 11.4 Å². The van der Waals surface area contributed by atoms with Crippen molar-refractivity contribution in [2.75, 3.05) is 7.11 Å². The second kappa shape index (κ2) is 8.39. The van der Waals surface area contributed by atoms with Crippen molar-refractivity contribution in [2.24, 2.45) is 7.05 Å². The smallest absolute Gasteiger partial charge is 0.257 e. The molecule has 0 aliphatic carbocycles. The third kappa shape index (κ3) is 4.57. The molecule has 0 aliphatic rings. The second-order valence-electron chi connectivity index (χ2n) is 6.27. The van der Waals surface area contributed by atoms with Crippen LogP contribution >= 0.6 is 11.8 Å². The summed E-state index contributed by atoms with van der Waals surface area (Å²) in [5.41, 5.74) is 3.34. The van der Waals surface area contributed by atoms with Crippen molar-refractivity contribution in [1.29, 1.82) is 0 Å². The van der Waals surface area contributed by atoms with Gasteiger partial charge in [0.2, 0.25) is 0 Å². The maximum absolute atomic E-state index is 13.0. The van der Waals surface area contributed by atoms with Crippen molar-refractivity contribution in [3.63, 3.8) is 0 Å². The molecule has 3 aromatic rings. The lowest BCUT2D eigenvalue weighted by molar-refractivity contribution is 0.414. The molecular formula is C21H21FN2O2S. The van der Waals surface area contributed by atoms with E-state index in [9.17, 15) is 9.18 Å². The molecule has 0 aliphatic heterocycles. The van der Waals surface area contributed by atoms with E-state index in [1.807, 2.05) is 31.2 Å². The van der Waals surface area contributed by atoms with Gasteiger partial charge in [0.05, 0.1) is 7.11 Å². The van der Waals surface area contributed by atoms with Crippen molar-refractivity contribution in [3.05, 3.63) is 87.1 Å². The SMILES string of the molecule is COc1cccc(Cc2c(C)nc(SCc3ccc(F)cc3)n(C)c2=O)c1. The Labute approximate surface area is 162 Å². The van der Waals surface area contributed by atoms with E-state index in [1.165, 1.54) is 23.9 Å². The van der Waals surface area contributed by atoms with Crippen LogP contribution in [0.1, 0.15) is 22.4 Å². The Bertz CT molecular complexity index is 1000. The summed E-state index contributed by atoms with van der Waals surface area (Å²) in [6.07, 6.45) is 0.506. The molecule has 140 valence electrons. The number of hydrogen-bond donors (Lipinski definition) is 0. The summed E-state index contributed by atoms with van der Waals surface area (Å²) in [6.45, 7) is 1.86. The Hall–Kier alpha value is -2.60. The number of thioether (sulfide) groups is 1. The molecule has 4 nitrogen and oxygen atoms in total. The quantitative estimate of drug-likeness (QED) is 0.474. The third-order valence-corrected chi connectivity index (χ3v) is 5.45. The highest BCUT2D eigenvalue weighted by Gasteiger charge is 2.13. The Balaban J connectivity index is 1.82. The minimum atomic E-state index is -0.257. The van der Waals surface area contributed by atoms with Crippen molar-refractivity contribution in [3.8, 4) is 5.75 Å². The van der Waals surface area contributed by atoms with Gasteiger partial charge < -0.3 is 4.74 Å². The van der Waals surface area contributed by atoms with Gasteiger partial charge in [0.15, 0.2) is 5.16 Å². The van der Waals surface area contributed by atoms with Crippen LogP contribution in [0.2, 0.25) is 0 Å². The fourth-order valence-electron chi connectivity index (χ4n) is 2.78. The van der Waals surface area contributed by atoms with Gasteiger partial charge in [0, 0.05) is 30.5 Å². The van der Waals surface area contributed by atoms with Crippen LogP contribution in [-0.2, 0) is 19.2 Å². The molecule has 1 heterocycles. The van der Waals surface area contributed by atoms with Crippen LogP contribution in [0.5, 0.6) is 5.75 Å². The van der Waals surface area contributed by atoms with Crippen molar-refractivity contribution < 1.29 is 9.13 Å². The Morgan fingerprint density at radius 2 is 1.89 bits per heavy atom. The fraction of sp³-hybridized carbons (Fsp3) is 0.238. The van der Waals surface area contributed by atoms with E-state index in [4.69, 9.17) is 4.74 Å². The topological polar surface area (TPSA) is 44.1 Å². The molecule has 6 heteroatoms. The molecule has 0 saturated carbocycles. The molecule has 0 amide bonds. The van der Waals surface area contributed by atoms with Gasteiger partial charge in [-0.25, -0.2) is 9.37 Å². The van der Waals surface area contributed by atoms with E-state index >= 15 is 0 Å². The van der Waals surface area contributed by atoms with Gasteiger partial charge in [-0.05, 0) is 42.3 Å². The van der Waals surface area contributed by atoms with Gasteiger partial charge in [-0.3, -0.25) is 9.36 Å². The molecule has 0 fully saturated rings. The van der Waals surface area contributed by atoms with E-state index in [0.717, 1.165) is 22.6 Å². The Morgan fingerprint density at radius 3 is 2.59 bits per heavy atom. The van der Waals surface area contributed by atoms with Gasteiger partial charge in [-0.15, -0.1) is 0 Å². The Morgan fingerprint density at radius 1 is 1.15 bits per heavy atom. The van der Waals surface area contributed by atoms with E-state index in [1.54, 1.807) is 30.9 Å². The summed E-state index contributed by atoms with van der Waals surface area (Å²) in [5, 5.41) is 0.649. The van der Waals surface area contributed by atoms with Crippen LogP contribution in [0.15, 0.2) is 58.5 Å². The summed E-state index contributed by atoms with van der Waals surface area (Å²) < 4.78 is 19.8. The number of methoxy groups -OCH3 is 1. The first kappa shape index (κ1) is 19.2.